The zero-order valence-electron chi connectivity index (χ0n) is 11.7. The number of aromatic nitrogens is 2. The Balaban J connectivity index is 0.000000224. The molecule has 0 amide bonds. The fourth-order valence-corrected chi connectivity index (χ4v) is 1.38. The molecule has 1 fully saturated rings. The molecule has 0 saturated heterocycles. The van der Waals surface area contributed by atoms with E-state index in [1.54, 1.807) is 6.07 Å². The molecule has 19 heavy (non-hydrogen) atoms. The van der Waals surface area contributed by atoms with Gasteiger partial charge >= 0.3 is 0 Å². The van der Waals surface area contributed by atoms with Crippen LogP contribution in [-0.4, -0.2) is 59.8 Å². The quantitative estimate of drug-likeness (QED) is 0.736. The van der Waals surface area contributed by atoms with E-state index in [4.69, 9.17) is 5.11 Å². The molecule has 0 aliphatic heterocycles. The molecule has 0 aromatic carbocycles. The summed E-state index contributed by atoms with van der Waals surface area (Å²) in [6.07, 6.45) is 3.67. The topological polar surface area (TPSA) is 86.1 Å². The van der Waals surface area contributed by atoms with Crippen LogP contribution in [0.1, 0.15) is 35.1 Å². The smallest absolute Gasteiger partial charge is 0.175 e. The summed E-state index contributed by atoms with van der Waals surface area (Å²) in [5.74, 6) is -1.07. The second kappa shape index (κ2) is 6.58. The normalized spacial score (nSPS) is 14.5. The predicted molar refractivity (Wildman–Crippen MR) is 68.3 cm³/mol. The minimum Gasteiger partial charge on any atom is -0.542 e. The third-order valence-corrected chi connectivity index (χ3v) is 2.63. The Morgan fingerprint density at radius 2 is 2.11 bits per heavy atom. The van der Waals surface area contributed by atoms with Crippen molar-refractivity contribution in [3.05, 3.63) is 23.8 Å². The minimum atomic E-state index is -1.31. The fourth-order valence-electron chi connectivity index (χ4n) is 1.38. The van der Waals surface area contributed by atoms with E-state index in [0.717, 1.165) is 29.6 Å². The van der Waals surface area contributed by atoms with E-state index in [1.807, 2.05) is 0 Å². The molecular formula is C13H21N3O3. The molecule has 0 atom stereocenters. The van der Waals surface area contributed by atoms with Gasteiger partial charge in [0.15, 0.2) is 5.82 Å². The van der Waals surface area contributed by atoms with Crippen LogP contribution in [0.4, 0.5) is 0 Å². The van der Waals surface area contributed by atoms with Crippen LogP contribution in [0.15, 0.2) is 12.3 Å². The van der Waals surface area contributed by atoms with Gasteiger partial charge in [0, 0.05) is 17.8 Å². The van der Waals surface area contributed by atoms with Crippen LogP contribution in [0.3, 0.4) is 0 Å². The first-order valence-electron chi connectivity index (χ1n) is 6.29. The third-order valence-electron chi connectivity index (χ3n) is 2.63. The number of aliphatic hydroxyl groups excluding tert-OH is 1. The highest BCUT2D eigenvalue weighted by Gasteiger charge is 2.25. The molecule has 1 aliphatic carbocycles. The maximum Gasteiger partial charge on any atom is 0.175 e. The van der Waals surface area contributed by atoms with E-state index >= 15 is 0 Å². The highest BCUT2D eigenvalue weighted by atomic mass is 16.4. The van der Waals surface area contributed by atoms with Gasteiger partial charge in [0.1, 0.15) is 12.5 Å². The summed E-state index contributed by atoms with van der Waals surface area (Å²) < 4.78 is 0.844. The lowest BCUT2D eigenvalue weighted by atomic mass is 10.3. The van der Waals surface area contributed by atoms with Gasteiger partial charge in [-0.3, -0.25) is 0 Å². The molecular weight excluding hydrogens is 246 g/mol. The number of aromatic carboxylic acids is 1. The molecule has 1 aromatic rings. The van der Waals surface area contributed by atoms with E-state index in [2.05, 4.69) is 31.1 Å². The number of rotatable bonds is 4. The van der Waals surface area contributed by atoms with Crippen molar-refractivity contribution in [1.29, 1.82) is 0 Å². The van der Waals surface area contributed by atoms with Gasteiger partial charge in [-0.05, 0) is 18.9 Å². The first-order valence-corrected chi connectivity index (χ1v) is 6.29. The third kappa shape index (κ3) is 6.26. The maximum atomic E-state index is 10.4. The lowest BCUT2D eigenvalue weighted by Gasteiger charge is -2.21. The zero-order valence-corrected chi connectivity index (χ0v) is 11.7. The average molecular weight is 267 g/mol. The summed E-state index contributed by atoms with van der Waals surface area (Å²) >= 11 is 0. The van der Waals surface area contributed by atoms with Crippen molar-refractivity contribution in [2.75, 3.05) is 34.3 Å². The molecule has 6 heteroatoms. The number of carbonyl (C=O) groups is 1. The Labute approximate surface area is 113 Å². The van der Waals surface area contributed by atoms with Gasteiger partial charge in [-0.25, -0.2) is 9.97 Å². The highest BCUT2D eigenvalue weighted by Crippen LogP contribution is 2.38. The van der Waals surface area contributed by atoms with Crippen LogP contribution in [-0.2, 0) is 0 Å². The van der Waals surface area contributed by atoms with E-state index in [9.17, 15) is 9.90 Å². The van der Waals surface area contributed by atoms with Gasteiger partial charge in [-0.15, -0.1) is 0 Å². The number of nitrogens with zero attached hydrogens (tertiary/aromatic N) is 3. The number of hydrogen-bond donors (Lipinski definition) is 1. The second-order valence-corrected chi connectivity index (χ2v) is 5.60. The van der Waals surface area contributed by atoms with Crippen molar-refractivity contribution in [2.24, 2.45) is 0 Å². The van der Waals surface area contributed by atoms with Crippen molar-refractivity contribution in [3.63, 3.8) is 0 Å². The molecule has 1 heterocycles. The number of quaternary nitrogens is 1. The van der Waals surface area contributed by atoms with Crippen molar-refractivity contribution in [3.8, 4) is 0 Å². The van der Waals surface area contributed by atoms with Crippen LogP contribution < -0.4 is 5.11 Å². The van der Waals surface area contributed by atoms with Crippen LogP contribution in [0, 0.1) is 0 Å². The fraction of sp³-hybridized carbons (Fsp3) is 0.615. The molecule has 0 bridgehead atoms. The molecule has 1 aliphatic rings. The van der Waals surface area contributed by atoms with Gasteiger partial charge in [-0.2, -0.15) is 0 Å². The summed E-state index contributed by atoms with van der Waals surface area (Å²) in [4.78, 5) is 17.8. The van der Waals surface area contributed by atoms with Crippen LogP contribution >= 0.6 is 0 Å². The summed E-state index contributed by atoms with van der Waals surface area (Å²) in [5.41, 5.74) is 0.823. The van der Waals surface area contributed by atoms with E-state index in [1.165, 1.54) is 6.20 Å². The second-order valence-electron chi connectivity index (χ2n) is 5.60. The molecule has 1 N–H and O–H groups in total. The molecule has 106 valence electrons. The van der Waals surface area contributed by atoms with Crippen molar-refractivity contribution >= 4 is 5.97 Å². The number of hydrogen-bond acceptors (Lipinski definition) is 5. The van der Waals surface area contributed by atoms with E-state index in [-0.39, 0.29) is 12.4 Å². The molecule has 0 radical (unpaired) electrons. The Morgan fingerprint density at radius 3 is 2.47 bits per heavy atom. The molecule has 2 rings (SSSR count). The maximum absolute atomic E-state index is 10.4. The number of carboxylic acid groups (broad SMARTS) is 1. The number of aliphatic hydroxyl groups is 1. The molecule has 1 aromatic heterocycles. The largest absolute Gasteiger partial charge is 0.542 e. The lowest BCUT2D eigenvalue weighted by Crippen LogP contribution is -2.36. The Hall–Kier alpha value is -1.53. The number of carboxylic acids is 1. The van der Waals surface area contributed by atoms with Crippen LogP contribution in [0.2, 0.25) is 0 Å². The monoisotopic (exact) mass is 267 g/mol. The first-order chi connectivity index (χ1) is 8.83. The lowest BCUT2D eigenvalue weighted by molar-refractivity contribution is -0.870. The van der Waals surface area contributed by atoms with Gasteiger partial charge in [-0.1, -0.05) is 0 Å². The molecule has 6 nitrogen and oxygen atoms in total. The average Bonchev–Trinajstić information content (AvgIpc) is 3.12. The highest BCUT2D eigenvalue weighted by molar-refractivity contribution is 5.80. The SMILES string of the molecule is C[N+](C)(C)CCO.O=C([O-])c1nccc(C2CC2)n1. The van der Waals surface area contributed by atoms with Crippen LogP contribution in [0.25, 0.3) is 0 Å². The van der Waals surface area contributed by atoms with Gasteiger partial charge in [0.2, 0.25) is 0 Å². The van der Waals surface area contributed by atoms with E-state index in [0.29, 0.717) is 5.92 Å². The molecule has 0 spiro atoms. The van der Waals surface area contributed by atoms with Crippen molar-refractivity contribution < 1.29 is 19.5 Å². The Kier molecular flexibility index (Phi) is 5.38. The standard InChI is InChI=1S/C8H8N2O2.C5H14NO/c11-8(12)7-9-4-3-6(10-7)5-1-2-5;1-6(2,3)4-5-7/h3-5H,1-2H2,(H,11,12);7H,4-5H2,1-3H3/q;+1/p-1. The number of likely N-dealkylation sites (N-methyl/N-ethyl adjacent to an activating group) is 1. The van der Waals surface area contributed by atoms with Gasteiger partial charge in [0.25, 0.3) is 0 Å². The Bertz CT molecular complexity index is 425. The van der Waals surface area contributed by atoms with Crippen molar-refractivity contribution in [2.45, 2.75) is 18.8 Å². The summed E-state index contributed by atoms with van der Waals surface area (Å²) in [7, 11) is 6.16. The first kappa shape index (κ1) is 15.5. The predicted octanol–water partition coefficient (Wildman–Crippen LogP) is -0.598. The Morgan fingerprint density at radius 1 is 1.47 bits per heavy atom. The van der Waals surface area contributed by atoms with Crippen molar-refractivity contribution in [1.82, 2.24) is 9.97 Å². The minimum absolute atomic E-state index is 0.209. The van der Waals surface area contributed by atoms with E-state index < -0.39 is 5.97 Å². The summed E-state index contributed by atoms with van der Waals surface area (Å²) in [6, 6.07) is 1.75. The van der Waals surface area contributed by atoms with Crippen LogP contribution in [0.5, 0.6) is 0 Å². The van der Waals surface area contributed by atoms with Gasteiger partial charge < -0.3 is 19.5 Å². The summed E-state index contributed by atoms with van der Waals surface area (Å²) in [6.45, 7) is 1.11. The summed E-state index contributed by atoms with van der Waals surface area (Å²) in [5, 5.41) is 18.7. The molecule has 0 unspecified atom stereocenters. The van der Waals surface area contributed by atoms with Gasteiger partial charge in [0.05, 0.1) is 27.7 Å². The zero-order chi connectivity index (χ0) is 14.5. The number of carbonyl (C=O) groups excluding carboxylic acids is 1. The molecule has 1 saturated carbocycles.